The van der Waals surface area contributed by atoms with Gasteiger partial charge in [-0.25, -0.2) is 9.78 Å². The summed E-state index contributed by atoms with van der Waals surface area (Å²) in [5.41, 5.74) is 7.95. The number of hydrogen-bond acceptors (Lipinski definition) is 3. The lowest BCUT2D eigenvalue weighted by atomic mass is 9.92. The molecule has 132 valence electrons. The van der Waals surface area contributed by atoms with Gasteiger partial charge in [-0.15, -0.1) is 0 Å². The molecule has 0 amide bonds. The molecule has 0 aliphatic rings. The van der Waals surface area contributed by atoms with Crippen molar-refractivity contribution in [1.82, 2.24) is 4.98 Å². The van der Waals surface area contributed by atoms with Crippen LogP contribution >= 0.6 is 0 Å². The van der Waals surface area contributed by atoms with Crippen LogP contribution in [-0.4, -0.2) is 16.1 Å². The van der Waals surface area contributed by atoms with Gasteiger partial charge in [0.05, 0.1) is 0 Å². The second kappa shape index (κ2) is 7.00. The topological polar surface area (TPSA) is 62.2 Å². The van der Waals surface area contributed by atoms with Gasteiger partial charge in [0, 0.05) is 11.9 Å². The number of anilines is 2. The molecule has 3 aromatic rings. The Kier molecular flexibility index (Phi) is 4.76. The Bertz CT molecular complexity index is 993. The van der Waals surface area contributed by atoms with E-state index in [1.807, 2.05) is 13.8 Å². The monoisotopic (exact) mass is 346 g/mol. The van der Waals surface area contributed by atoms with Crippen LogP contribution in [0.25, 0.3) is 11.1 Å². The van der Waals surface area contributed by atoms with Crippen LogP contribution in [0.2, 0.25) is 0 Å². The van der Waals surface area contributed by atoms with Crippen molar-refractivity contribution in [3.63, 3.8) is 0 Å². The average molecular weight is 346 g/mol. The molecule has 0 atom stereocenters. The smallest absolute Gasteiger partial charge is 0.339 e. The summed E-state index contributed by atoms with van der Waals surface area (Å²) in [7, 11) is 0. The molecule has 0 saturated heterocycles. The van der Waals surface area contributed by atoms with Gasteiger partial charge in [-0.05, 0) is 73.7 Å². The quantitative estimate of drug-likeness (QED) is 0.662. The first-order chi connectivity index (χ1) is 12.4. The maximum Gasteiger partial charge on any atom is 0.339 e. The Morgan fingerprint density at radius 2 is 1.77 bits per heavy atom. The van der Waals surface area contributed by atoms with E-state index < -0.39 is 5.97 Å². The molecule has 0 radical (unpaired) electrons. The van der Waals surface area contributed by atoms with E-state index in [4.69, 9.17) is 0 Å². The molecule has 1 aromatic heterocycles. The first-order valence-corrected chi connectivity index (χ1v) is 8.51. The van der Waals surface area contributed by atoms with Gasteiger partial charge in [-0.1, -0.05) is 29.8 Å². The maximum atomic E-state index is 11.4. The molecule has 0 bridgehead atoms. The van der Waals surface area contributed by atoms with Gasteiger partial charge < -0.3 is 10.4 Å². The van der Waals surface area contributed by atoms with Crippen molar-refractivity contribution < 1.29 is 9.90 Å². The minimum atomic E-state index is -0.996. The number of aryl methyl sites for hydroxylation is 2. The minimum Gasteiger partial charge on any atom is -0.478 e. The highest BCUT2D eigenvalue weighted by Crippen LogP contribution is 2.35. The van der Waals surface area contributed by atoms with Crippen LogP contribution in [0.5, 0.6) is 0 Å². The van der Waals surface area contributed by atoms with E-state index in [1.165, 1.54) is 16.7 Å². The van der Waals surface area contributed by atoms with Crippen LogP contribution in [0.1, 0.15) is 32.6 Å². The maximum absolute atomic E-state index is 11.4. The molecule has 0 aliphatic carbocycles. The van der Waals surface area contributed by atoms with Crippen LogP contribution in [0.15, 0.2) is 48.7 Å². The zero-order chi connectivity index (χ0) is 18.8. The van der Waals surface area contributed by atoms with Crippen LogP contribution < -0.4 is 5.32 Å². The summed E-state index contributed by atoms with van der Waals surface area (Å²) in [5.74, 6) is -0.641. The second-order valence-electron chi connectivity index (χ2n) is 6.57. The molecule has 0 fully saturated rings. The fourth-order valence-electron chi connectivity index (χ4n) is 3.18. The third-order valence-corrected chi connectivity index (χ3v) is 4.71. The Hall–Kier alpha value is -3.14. The molecule has 2 N–H and O–H groups in total. The number of aromatic carboxylic acids is 1. The predicted octanol–water partition coefficient (Wildman–Crippen LogP) is 5.42. The Labute approximate surface area is 153 Å². The molecular formula is C22H22N2O2. The standard InChI is InChI=1S/C22H22N2O2/c1-13-7-5-8-17(11-13)19-12-14(2)20(16(4)15(19)3)24-21-18(22(25)26)9-6-10-23-21/h5-12H,1-4H3,(H,23,24)(H,25,26). The first-order valence-electron chi connectivity index (χ1n) is 8.51. The van der Waals surface area contributed by atoms with Gasteiger partial charge in [0.25, 0.3) is 0 Å². The number of aromatic nitrogens is 1. The third kappa shape index (κ3) is 3.31. The zero-order valence-corrected chi connectivity index (χ0v) is 15.4. The van der Waals surface area contributed by atoms with Crippen LogP contribution in [0.3, 0.4) is 0 Å². The van der Waals surface area contributed by atoms with Gasteiger partial charge in [-0.2, -0.15) is 0 Å². The number of carboxylic acids is 1. The lowest BCUT2D eigenvalue weighted by Crippen LogP contribution is -2.07. The molecule has 0 aliphatic heterocycles. The van der Waals surface area contributed by atoms with Gasteiger partial charge in [0.1, 0.15) is 11.4 Å². The Balaban J connectivity index is 2.08. The molecule has 26 heavy (non-hydrogen) atoms. The number of benzene rings is 2. The van der Waals surface area contributed by atoms with E-state index >= 15 is 0 Å². The highest BCUT2D eigenvalue weighted by molar-refractivity contribution is 5.94. The molecule has 0 unspecified atom stereocenters. The molecule has 3 rings (SSSR count). The zero-order valence-electron chi connectivity index (χ0n) is 15.4. The molecule has 4 heteroatoms. The SMILES string of the molecule is Cc1cccc(-c2cc(C)c(Nc3ncccc3C(=O)O)c(C)c2C)c1. The highest BCUT2D eigenvalue weighted by atomic mass is 16.4. The largest absolute Gasteiger partial charge is 0.478 e. The number of hydrogen-bond donors (Lipinski definition) is 2. The fourth-order valence-corrected chi connectivity index (χ4v) is 3.18. The van der Waals surface area contributed by atoms with E-state index in [1.54, 1.807) is 18.3 Å². The molecule has 0 spiro atoms. The third-order valence-electron chi connectivity index (χ3n) is 4.71. The van der Waals surface area contributed by atoms with Gasteiger partial charge in [0.2, 0.25) is 0 Å². The molecule has 4 nitrogen and oxygen atoms in total. The summed E-state index contributed by atoms with van der Waals surface area (Å²) in [4.78, 5) is 15.6. The van der Waals surface area contributed by atoms with Crippen molar-refractivity contribution >= 4 is 17.5 Å². The van der Waals surface area contributed by atoms with Crippen LogP contribution in [-0.2, 0) is 0 Å². The summed E-state index contributed by atoms with van der Waals surface area (Å²) in [5, 5.41) is 12.6. The van der Waals surface area contributed by atoms with Crippen LogP contribution in [0, 0.1) is 27.7 Å². The molecule has 2 aromatic carbocycles. The summed E-state index contributed by atoms with van der Waals surface area (Å²) >= 11 is 0. The lowest BCUT2D eigenvalue weighted by Gasteiger charge is -2.19. The second-order valence-corrected chi connectivity index (χ2v) is 6.57. The Morgan fingerprint density at radius 1 is 1.00 bits per heavy atom. The number of nitrogens with one attached hydrogen (secondary N) is 1. The fraction of sp³-hybridized carbons (Fsp3) is 0.182. The van der Waals surface area contributed by atoms with Crippen molar-refractivity contribution in [2.45, 2.75) is 27.7 Å². The average Bonchev–Trinajstić information content (AvgIpc) is 2.62. The van der Waals surface area contributed by atoms with E-state index in [-0.39, 0.29) is 5.56 Å². The number of carboxylic acid groups (broad SMARTS) is 1. The Morgan fingerprint density at radius 3 is 2.46 bits per heavy atom. The van der Waals surface area contributed by atoms with Crippen molar-refractivity contribution in [1.29, 1.82) is 0 Å². The van der Waals surface area contributed by atoms with E-state index in [0.717, 1.165) is 22.4 Å². The predicted molar refractivity (Wildman–Crippen MR) is 105 cm³/mol. The molecule has 1 heterocycles. The van der Waals surface area contributed by atoms with Gasteiger partial charge in [-0.3, -0.25) is 0 Å². The highest BCUT2D eigenvalue weighted by Gasteiger charge is 2.16. The van der Waals surface area contributed by atoms with Crippen molar-refractivity contribution in [2.24, 2.45) is 0 Å². The minimum absolute atomic E-state index is 0.159. The van der Waals surface area contributed by atoms with Crippen molar-refractivity contribution in [2.75, 3.05) is 5.32 Å². The summed E-state index contributed by atoms with van der Waals surface area (Å²) in [6, 6.07) is 13.8. The lowest BCUT2D eigenvalue weighted by molar-refractivity contribution is 0.0697. The molecular weight excluding hydrogens is 324 g/mol. The van der Waals surface area contributed by atoms with Crippen molar-refractivity contribution in [3.8, 4) is 11.1 Å². The summed E-state index contributed by atoms with van der Waals surface area (Å²) in [6.45, 7) is 8.25. The van der Waals surface area contributed by atoms with Gasteiger partial charge >= 0.3 is 5.97 Å². The van der Waals surface area contributed by atoms with E-state index in [9.17, 15) is 9.90 Å². The number of carbonyl (C=O) groups is 1. The summed E-state index contributed by atoms with van der Waals surface area (Å²) < 4.78 is 0. The first kappa shape index (κ1) is 17.7. The van der Waals surface area contributed by atoms with E-state index in [0.29, 0.717) is 5.82 Å². The van der Waals surface area contributed by atoms with E-state index in [2.05, 4.69) is 54.5 Å². The van der Waals surface area contributed by atoms with Crippen LogP contribution in [0.4, 0.5) is 11.5 Å². The molecule has 0 saturated carbocycles. The number of rotatable bonds is 4. The van der Waals surface area contributed by atoms with Crippen molar-refractivity contribution in [3.05, 3.63) is 76.5 Å². The van der Waals surface area contributed by atoms with Gasteiger partial charge in [0.15, 0.2) is 0 Å². The number of pyridine rings is 1. The normalized spacial score (nSPS) is 10.6. The number of nitrogens with zero attached hydrogens (tertiary/aromatic N) is 1. The summed E-state index contributed by atoms with van der Waals surface area (Å²) in [6.07, 6.45) is 1.59.